The standard InChI is InChI=1S/C11H6ClFOS/c12-7-3-1-4-8(13)10(7)11(14)9-5-2-6-15-9/h1-6H. The van der Waals surface area contributed by atoms with Crippen LogP contribution in [0.5, 0.6) is 0 Å². The molecule has 1 nitrogen and oxygen atoms in total. The fourth-order valence-corrected chi connectivity index (χ4v) is 2.16. The minimum atomic E-state index is -0.583. The molecule has 2 aromatic rings. The fourth-order valence-electron chi connectivity index (χ4n) is 1.25. The number of rotatable bonds is 2. The van der Waals surface area contributed by atoms with Gasteiger partial charge in [-0.3, -0.25) is 4.79 Å². The molecule has 0 bridgehead atoms. The van der Waals surface area contributed by atoms with Crippen LogP contribution in [0.25, 0.3) is 0 Å². The highest BCUT2D eigenvalue weighted by Gasteiger charge is 2.17. The monoisotopic (exact) mass is 240 g/mol. The molecule has 0 saturated heterocycles. The van der Waals surface area contributed by atoms with Crippen LogP contribution in [-0.2, 0) is 0 Å². The molecular formula is C11H6ClFOS. The maximum atomic E-state index is 13.4. The zero-order valence-electron chi connectivity index (χ0n) is 7.54. The Balaban J connectivity index is 2.51. The van der Waals surface area contributed by atoms with Crippen molar-refractivity contribution in [3.8, 4) is 0 Å². The van der Waals surface area contributed by atoms with Gasteiger partial charge in [0.05, 0.1) is 15.5 Å². The summed E-state index contributed by atoms with van der Waals surface area (Å²) in [5.74, 6) is -0.950. The minimum Gasteiger partial charge on any atom is -0.288 e. The molecule has 0 aliphatic heterocycles. The van der Waals surface area contributed by atoms with E-state index in [0.29, 0.717) is 4.88 Å². The molecule has 4 heteroatoms. The lowest BCUT2D eigenvalue weighted by Crippen LogP contribution is -2.02. The molecule has 1 heterocycles. The molecule has 0 radical (unpaired) electrons. The van der Waals surface area contributed by atoms with E-state index in [4.69, 9.17) is 11.6 Å². The highest BCUT2D eigenvalue weighted by Crippen LogP contribution is 2.24. The highest BCUT2D eigenvalue weighted by molar-refractivity contribution is 7.12. The van der Waals surface area contributed by atoms with E-state index in [0.717, 1.165) is 0 Å². The van der Waals surface area contributed by atoms with Crippen molar-refractivity contribution < 1.29 is 9.18 Å². The van der Waals surface area contributed by atoms with E-state index in [-0.39, 0.29) is 16.4 Å². The summed E-state index contributed by atoms with van der Waals surface area (Å²) in [7, 11) is 0. The van der Waals surface area contributed by atoms with E-state index < -0.39 is 5.82 Å². The Labute approximate surface area is 95.1 Å². The van der Waals surface area contributed by atoms with E-state index in [1.807, 2.05) is 0 Å². The Morgan fingerprint density at radius 3 is 2.67 bits per heavy atom. The van der Waals surface area contributed by atoms with E-state index in [9.17, 15) is 9.18 Å². The van der Waals surface area contributed by atoms with Gasteiger partial charge in [0, 0.05) is 0 Å². The smallest absolute Gasteiger partial charge is 0.207 e. The summed E-state index contributed by atoms with van der Waals surface area (Å²) in [5.41, 5.74) is -0.0541. The number of hydrogen-bond acceptors (Lipinski definition) is 2. The Morgan fingerprint density at radius 2 is 2.07 bits per heavy atom. The van der Waals surface area contributed by atoms with Crippen LogP contribution in [0.15, 0.2) is 35.7 Å². The second-order valence-corrected chi connectivity index (χ2v) is 4.26. The summed E-state index contributed by atoms with van der Waals surface area (Å²) >= 11 is 7.05. The normalized spacial score (nSPS) is 10.3. The number of thiophene rings is 1. The molecule has 0 spiro atoms. The molecule has 15 heavy (non-hydrogen) atoms. The molecule has 0 atom stereocenters. The number of benzene rings is 1. The van der Waals surface area contributed by atoms with Crippen molar-refractivity contribution in [1.29, 1.82) is 0 Å². The Hall–Kier alpha value is -1.19. The minimum absolute atomic E-state index is 0.0541. The molecule has 0 amide bonds. The van der Waals surface area contributed by atoms with Crippen molar-refractivity contribution in [1.82, 2.24) is 0 Å². The van der Waals surface area contributed by atoms with Gasteiger partial charge in [-0.2, -0.15) is 0 Å². The van der Waals surface area contributed by atoms with Gasteiger partial charge in [-0.05, 0) is 23.6 Å². The molecule has 0 unspecified atom stereocenters. The van der Waals surface area contributed by atoms with E-state index in [2.05, 4.69) is 0 Å². The number of carbonyl (C=O) groups excluding carboxylic acids is 1. The highest BCUT2D eigenvalue weighted by atomic mass is 35.5. The van der Waals surface area contributed by atoms with E-state index >= 15 is 0 Å². The van der Waals surface area contributed by atoms with Gasteiger partial charge in [-0.25, -0.2) is 4.39 Å². The molecule has 0 fully saturated rings. The third kappa shape index (κ3) is 1.94. The number of hydrogen-bond donors (Lipinski definition) is 0. The van der Waals surface area contributed by atoms with E-state index in [1.165, 1.54) is 29.5 Å². The molecule has 0 aliphatic rings. The predicted octanol–water partition coefficient (Wildman–Crippen LogP) is 3.77. The Bertz CT molecular complexity index is 473. The number of halogens is 2. The van der Waals surface area contributed by atoms with Crippen molar-refractivity contribution in [2.45, 2.75) is 0 Å². The molecule has 2 rings (SSSR count). The molecule has 1 aromatic heterocycles. The predicted molar refractivity (Wildman–Crippen MR) is 59.2 cm³/mol. The molecule has 76 valence electrons. The SMILES string of the molecule is O=C(c1cccs1)c1c(F)cccc1Cl. The zero-order chi connectivity index (χ0) is 10.8. The van der Waals surface area contributed by atoms with Crippen LogP contribution in [0, 0.1) is 5.82 Å². The van der Waals surface area contributed by atoms with Crippen molar-refractivity contribution in [3.05, 3.63) is 57.0 Å². The second kappa shape index (κ2) is 4.13. The van der Waals surface area contributed by atoms with Crippen LogP contribution >= 0.6 is 22.9 Å². The average Bonchev–Trinajstić information content (AvgIpc) is 2.69. The first-order chi connectivity index (χ1) is 7.20. The van der Waals surface area contributed by atoms with Crippen molar-refractivity contribution in [2.24, 2.45) is 0 Å². The van der Waals surface area contributed by atoms with Gasteiger partial charge in [-0.1, -0.05) is 23.7 Å². The van der Waals surface area contributed by atoms with Crippen LogP contribution in [0.3, 0.4) is 0 Å². The number of ketones is 1. The fraction of sp³-hybridized carbons (Fsp3) is 0. The lowest BCUT2D eigenvalue weighted by Gasteiger charge is -2.02. The molecule has 0 saturated carbocycles. The first kappa shape index (κ1) is 10.3. The Morgan fingerprint density at radius 1 is 1.27 bits per heavy atom. The van der Waals surface area contributed by atoms with Crippen LogP contribution < -0.4 is 0 Å². The molecule has 0 N–H and O–H groups in total. The van der Waals surface area contributed by atoms with Crippen molar-refractivity contribution in [2.75, 3.05) is 0 Å². The first-order valence-electron chi connectivity index (χ1n) is 4.22. The number of carbonyl (C=O) groups is 1. The first-order valence-corrected chi connectivity index (χ1v) is 5.48. The Kier molecular flexibility index (Phi) is 2.84. The maximum absolute atomic E-state index is 13.4. The molecule has 0 aliphatic carbocycles. The van der Waals surface area contributed by atoms with Crippen molar-refractivity contribution in [3.63, 3.8) is 0 Å². The summed E-state index contributed by atoms with van der Waals surface area (Å²) in [6, 6.07) is 7.60. The van der Waals surface area contributed by atoms with Gasteiger partial charge in [0.1, 0.15) is 5.82 Å². The van der Waals surface area contributed by atoms with Gasteiger partial charge in [0.25, 0.3) is 0 Å². The third-order valence-electron chi connectivity index (χ3n) is 1.93. The summed E-state index contributed by atoms with van der Waals surface area (Å²) in [5, 5.41) is 1.91. The average molecular weight is 241 g/mol. The second-order valence-electron chi connectivity index (χ2n) is 2.90. The van der Waals surface area contributed by atoms with Crippen LogP contribution in [0.4, 0.5) is 4.39 Å². The van der Waals surface area contributed by atoms with Crippen molar-refractivity contribution >= 4 is 28.7 Å². The molecule has 1 aromatic carbocycles. The van der Waals surface area contributed by atoms with Gasteiger partial charge < -0.3 is 0 Å². The van der Waals surface area contributed by atoms with Crippen LogP contribution in [0.2, 0.25) is 5.02 Å². The summed E-state index contributed by atoms with van der Waals surface area (Å²) in [6.07, 6.45) is 0. The lowest BCUT2D eigenvalue weighted by atomic mass is 10.1. The van der Waals surface area contributed by atoms with Crippen LogP contribution in [-0.4, -0.2) is 5.78 Å². The summed E-state index contributed by atoms with van der Waals surface area (Å²) in [4.78, 5) is 12.3. The zero-order valence-corrected chi connectivity index (χ0v) is 9.11. The van der Waals surface area contributed by atoms with E-state index in [1.54, 1.807) is 17.5 Å². The van der Waals surface area contributed by atoms with Gasteiger partial charge in [0.2, 0.25) is 5.78 Å². The summed E-state index contributed by atoms with van der Waals surface area (Å²) < 4.78 is 13.4. The maximum Gasteiger partial charge on any atom is 0.207 e. The van der Waals surface area contributed by atoms with Gasteiger partial charge in [-0.15, -0.1) is 11.3 Å². The van der Waals surface area contributed by atoms with Gasteiger partial charge in [0.15, 0.2) is 0 Å². The lowest BCUT2D eigenvalue weighted by molar-refractivity contribution is 0.103. The third-order valence-corrected chi connectivity index (χ3v) is 3.12. The quantitative estimate of drug-likeness (QED) is 0.731. The van der Waals surface area contributed by atoms with Gasteiger partial charge >= 0.3 is 0 Å². The topological polar surface area (TPSA) is 17.1 Å². The largest absolute Gasteiger partial charge is 0.288 e. The molecular weight excluding hydrogens is 235 g/mol. The summed E-state index contributed by atoms with van der Waals surface area (Å²) in [6.45, 7) is 0. The van der Waals surface area contributed by atoms with Crippen LogP contribution in [0.1, 0.15) is 15.2 Å².